The van der Waals surface area contributed by atoms with Gasteiger partial charge in [0.1, 0.15) is 11.5 Å². The maximum absolute atomic E-state index is 13.5. The molecule has 0 atom stereocenters. The highest BCUT2D eigenvalue weighted by atomic mass is 79.9. The van der Waals surface area contributed by atoms with Crippen molar-refractivity contribution in [3.8, 4) is 6.07 Å². The number of hydrogen-bond acceptors (Lipinski definition) is 4. The summed E-state index contributed by atoms with van der Waals surface area (Å²) >= 11 is 3.07. The van der Waals surface area contributed by atoms with Crippen LogP contribution in [-0.4, -0.2) is 20.2 Å². The Morgan fingerprint density at radius 2 is 2.05 bits per heavy atom. The second-order valence-corrected chi connectivity index (χ2v) is 7.70. The summed E-state index contributed by atoms with van der Waals surface area (Å²) < 4.78 is 53.2. The fraction of sp³-hybridized carbons (Fsp3) is 0.385. The van der Waals surface area contributed by atoms with Gasteiger partial charge in [-0.3, -0.25) is 4.79 Å². The Labute approximate surface area is 134 Å². The van der Waals surface area contributed by atoms with Crippen molar-refractivity contribution in [3.05, 3.63) is 28.2 Å². The van der Waals surface area contributed by atoms with E-state index in [9.17, 15) is 22.0 Å². The first-order valence-electron chi connectivity index (χ1n) is 6.18. The Morgan fingerprint density at radius 1 is 1.45 bits per heavy atom. The summed E-state index contributed by atoms with van der Waals surface area (Å²) in [5.74, 6) is -4.52. The Bertz CT molecular complexity index is 777. The number of nitriles is 1. The van der Waals surface area contributed by atoms with Gasteiger partial charge in [0.25, 0.3) is 15.9 Å². The van der Waals surface area contributed by atoms with E-state index in [1.807, 2.05) is 0 Å². The van der Waals surface area contributed by atoms with Crippen molar-refractivity contribution < 1.29 is 22.0 Å². The number of rotatable bonds is 4. The molecule has 0 aromatic heterocycles. The van der Waals surface area contributed by atoms with Crippen molar-refractivity contribution in [2.24, 2.45) is 5.41 Å². The molecule has 1 fully saturated rings. The van der Waals surface area contributed by atoms with Crippen LogP contribution in [0.4, 0.5) is 8.78 Å². The molecule has 1 aliphatic rings. The van der Waals surface area contributed by atoms with Crippen LogP contribution in [0.3, 0.4) is 0 Å². The largest absolute Gasteiger partial charge is 0.273 e. The fourth-order valence-corrected chi connectivity index (χ4v) is 3.44. The molecule has 5 nitrogen and oxygen atoms in total. The molecule has 1 N–H and O–H groups in total. The SMILES string of the molecule is CC(F)(F)C1(C(=O)NS(=O)(=O)c2ccc(Br)c(C#N)c2)CC1. The predicted octanol–water partition coefficient (Wildman–Crippen LogP) is 2.56. The van der Waals surface area contributed by atoms with Crippen molar-refractivity contribution >= 4 is 31.9 Å². The first kappa shape index (κ1) is 16.8. The third kappa shape index (κ3) is 2.85. The summed E-state index contributed by atoms with van der Waals surface area (Å²) in [6.07, 6.45) is -0.136. The smallest absolute Gasteiger partial charge is 0.264 e. The third-order valence-electron chi connectivity index (χ3n) is 3.62. The molecule has 0 aliphatic heterocycles. The van der Waals surface area contributed by atoms with Crippen LogP contribution < -0.4 is 4.72 Å². The molecule has 0 saturated heterocycles. The number of halogens is 3. The van der Waals surface area contributed by atoms with E-state index < -0.39 is 27.3 Å². The Hall–Kier alpha value is -1.53. The second-order valence-electron chi connectivity index (χ2n) is 5.16. The Balaban J connectivity index is 2.30. The molecular weight excluding hydrogens is 382 g/mol. The number of alkyl halides is 2. The average molecular weight is 393 g/mol. The van der Waals surface area contributed by atoms with Crippen molar-refractivity contribution in [1.82, 2.24) is 4.72 Å². The molecule has 1 aromatic rings. The Kier molecular flexibility index (Phi) is 4.04. The molecule has 0 radical (unpaired) electrons. The number of nitrogens with one attached hydrogen (secondary N) is 1. The summed E-state index contributed by atoms with van der Waals surface area (Å²) in [6.45, 7) is 0.597. The van der Waals surface area contributed by atoms with E-state index in [2.05, 4.69) is 15.9 Å². The lowest BCUT2D eigenvalue weighted by Gasteiger charge is -2.21. The van der Waals surface area contributed by atoms with Crippen LogP contribution >= 0.6 is 15.9 Å². The number of nitrogens with zero attached hydrogens (tertiary/aromatic N) is 1. The Morgan fingerprint density at radius 3 is 2.50 bits per heavy atom. The van der Waals surface area contributed by atoms with Crippen LogP contribution in [0.2, 0.25) is 0 Å². The van der Waals surface area contributed by atoms with Gasteiger partial charge in [0, 0.05) is 11.4 Å². The van der Waals surface area contributed by atoms with Crippen molar-refractivity contribution in [3.63, 3.8) is 0 Å². The van der Waals surface area contributed by atoms with Gasteiger partial charge in [-0.2, -0.15) is 5.26 Å². The van der Waals surface area contributed by atoms with Crippen LogP contribution in [-0.2, 0) is 14.8 Å². The maximum atomic E-state index is 13.5. The molecule has 0 heterocycles. The van der Waals surface area contributed by atoms with Gasteiger partial charge < -0.3 is 0 Å². The number of carbonyl (C=O) groups excluding carboxylic acids is 1. The molecule has 1 aliphatic carbocycles. The van der Waals surface area contributed by atoms with Gasteiger partial charge in [-0.05, 0) is 47.0 Å². The van der Waals surface area contributed by atoms with Crippen molar-refractivity contribution in [1.29, 1.82) is 5.26 Å². The van der Waals surface area contributed by atoms with Gasteiger partial charge in [0.2, 0.25) is 5.91 Å². The van der Waals surface area contributed by atoms with E-state index in [0.717, 1.165) is 6.07 Å². The first-order chi connectivity index (χ1) is 10.0. The minimum Gasteiger partial charge on any atom is -0.273 e. The van der Waals surface area contributed by atoms with Crippen molar-refractivity contribution in [2.45, 2.75) is 30.6 Å². The summed E-state index contributed by atoms with van der Waals surface area (Å²) in [5.41, 5.74) is -1.91. The van der Waals surface area contributed by atoms with Gasteiger partial charge in [-0.25, -0.2) is 21.9 Å². The quantitative estimate of drug-likeness (QED) is 0.852. The molecule has 2 rings (SSSR count). The molecule has 0 unspecified atom stereocenters. The second kappa shape index (κ2) is 5.28. The molecule has 1 saturated carbocycles. The topological polar surface area (TPSA) is 87.0 Å². The normalized spacial score (nSPS) is 16.7. The summed E-state index contributed by atoms with van der Waals surface area (Å²) in [5, 5.41) is 8.88. The van der Waals surface area contributed by atoms with Crippen LogP contribution in [0.5, 0.6) is 0 Å². The minimum atomic E-state index is -4.32. The van der Waals surface area contributed by atoms with E-state index in [4.69, 9.17) is 5.26 Å². The number of carbonyl (C=O) groups is 1. The van der Waals surface area contributed by atoms with E-state index >= 15 is 0 Å². The highest BCUT2D eigenvalue weighted by Crippen LogP contribution is 2.56. The van der Waals surface area contributed by atoms with E-state index in [1.54, 1.807) is 10.8 Å². The molecule has 9 heteroatoms. The van der Waals surface area contributed by atoms with E-state index in [-0.39, 0.29) is 23.3 Å². The summed E-state index contributed by atoms with van der Waals surface area (Å²) in [6, 6.07) is 5.35. The number of amides is 1. The average Bonchev–Trinajstić information content (AvgIpc) is 3.19. The zero-order valence-electron chi connectivity index (χ0n) is 11.4. The lowest BCUT2D eigenvalue weighted by atomic mass is 9.99. The van der Waals surface area contributed by atoms with Gasteiger partial charge in [-0.15, -0.1) is 0 Å². The maximum Gasteiger partial charge on any atom is 0.264 e. The fourth-order valence-electron chi connectivity index (χ4n) is 2.03. The molecule has 1 amide bonds. The van der Waals surface area contributed by atoms with Crippen LogP contribution in [0.15, 0.2) is 27.6 Å². The molecule has 0 spiro atoms. The van der Waals surface area contributed by atoms with Gasteiger partial charge in [-0.1, -0.05) is 0 Å². The van der Waals surface area contributed by atoms with Gasteiger partial charge in [0.05, 0.1) is 10.5 Å². The molecule has 118 valence electrons. The van der Waals surface area contributed by atoms with Gasteiger partial charge >= 0.3 is 0 Å². The molecule has 22 heavy (non-hydrogen) atoms. The van der Waals surface area contributed by atoms with Gasteiger partial charge in [0.15, 0.2) is 0 Å². The molecule has 1 aromatic carbocycles. The summed E-state index contributed by atoms with van der Waals surface area (Å²) in [7, 11) is -4.32. The highest BCUT2D eigenvalue weighted by Gasteiger charge is 2.65. The minimum absolute atomic E-state index is 0.0530. The van der Waals surface area contributed by atoms with E-state index in [1.165, 1.54) is 12.1 Å². The van der Waals surface area contributed by atoms with Crippen LogP contribution in [0.1, 0.15) is 25.3 Å². The van der Waals surface area contributed by atoms with Crippen LogP contribution in [0, 0.1) is 16.7 Å². The standard InChI is InChI=1S/C13H11BrF2N2O3S/c1-12(15,16)13(4-5-13)11(19)18-22(20,21)9-2-3-10(14)8(6-9)7-17/h2-3,6H,4-5H2,1H3,(H,18,19). The predicted molar refractivity (Wildman–Crippen MR) is 76.5 cm³/mol. The third-order valence-corrected chi connectivity index (χ3v) is 5.64. The monoisotopic (exact) mass is 392 g/mol. The van der Waals surface area contributed by atoms with Crippen molar-refractivity contribution in [2.75, 3.05) is 0 Å². The van der Waals surface area contributed by atoms with E-state index in [0.29, 0.717) is 11.4 Å². The van der Waals surface area contributed by atoms with Crippen LogP contribution in [0.25, 0.3) is 0 Å². The molecule has 0 bridgehead atoms. The number of benzene rings is 1. The zero-order valence-corrected chi connectivity index (χ0v) is 13.8. The first-order valence-corrected chi connectivity index (χ1v) is 8.46. The molecular formula is C13H11BrF2N2O3S. The summed E-state index contributed by atoms with van der Waals surface area (Å²) in [4.78, 5) is 11.6. The zero-order chi connectivity index (χ0) is 16.8. The lowest BCUT2D eigenvalue weighted by Crippen LogP contribution is -2.44. The highest BCUT2D eigenvalue weighted by molar-refractivity contribution is 9.10. The lowest BCUT2D eigenvalue weighted by molar-refractivity contribution is -0.139. The number of hydrogen-bond donors (Lipinski definition) is 1. The number of sulfonamides is 1.